The molecule has 2 aliphatic rings. The van der Waals surface area contributed by atoms with Gasteiger partial charge in [-0.2, -0.15) is 4.73 Å². The predicted octanol–water partition coefficient (Wildman–Crippen LogP) is 3.62. The van der Waals surface area contributed by atoms with E-state index in [2.05, 4.69) is 6.92 Å². The third-order valence-corrected chi connectivity index (χ3v) is 4.96. The van der Waals surface area contributed by atoms with Gasteiger partial charge in [-0.25, -0.2) is 0 Å². The average Bonchev–Trinajstić information content (AvgIpc) is 3.05. The minimum absolute atomic E-state index is 0.00555. The van der Waals surface area contributed by atoms with Crippen LogP contribution in [0.25, 0.3) is 11.3 Å². The first kappa shape index (κ1) is 15.2. The van der Waals surface area contributed by atoms with E-state index in [0.717, 1.165) is 53.8 Å². The van der Waals surface area contributed by atoms with Crippen molar-refractivity contribution in [2.45, 2.75) is 46.0 Å². The lowest BCUT2D eigenvalue weighted by Gasteiger charge is -2.17. The molecule has 0 spiro atoms. The summed E-state index contributed by atoms with van der Waals surface area (Å²) in [5, 5.41) is 0. The molecule has 1 aromatic carbocycles. The van der Waals surface area contributed by atoms with E-state index in [4.69, 9.17) is 4.84 Å². The Hall–Kier alpha value is -2.36. The van der Waals surface area contributed by atoms with Crippen molar-refractivity contribution in [3.05, 3.63) is 46.1 Å². The van der Waals surface area contributed by atoms with Crippen LogP contribution in [0.5, 0.6) is 0 Å². The Morgan fingerprint density at radius 3 is 2.67 bits per heavy atom. The molecule has 0 N–H and O–H groups in total. The Bertz CT molecular complexity index is 860. The largest absolute Gasteiger partial charge is 0.414 e. The van der Waals surface area contributed by atoms with Crippen LogP contribution in [0.2, 0.25) is 0 Å². The first-order chi connectivity index (χ1) is 11.7. The maximum absolute atomic E-state index is 13.2. The molecule has 24 heavy (non-hydrogen) atoms. The molecule has 4 rings (SSSR count). The van der Waals surface area contributed by atoms with Gasteiger partial charge in [-0.05, 0) is 31.7 Å². The number of nitrogens with zero attached hydrogens (tertiary/aromatic N) is 1. The quantitative estimate of drug-likeness (QED) is 0.737. The van der Waals surface area contributed by atoms with Crippen molar-refractivity contribution in [1.29, 1.82) is 0 Å². The zero-order valence-corrected chi connectivity index (χ0v) is 14.1. The van der Waals surface area contributed by atoms with Crippen molar-refractivity contribution in [3.63, 3.8) is 0 Å². The van der Waals surface area contributed by atoms with E-state index in [-0.39, 0.29) is 11.6 Å². The SMILES string of the molecule is CCCc1cccc2c1C(=O)c1c3c(n(OCC)c1-2)CCCC3=O. The van der Waals surface area contributed by atoms with Gasteiger partial charge in [-0.3, -0.25) is 9.59 Å². The van der Waals surface area contributed by atoms with Crippen molar-refractivity contribution >= 4 is 11.6 Å². The summed E-state index contributed by atoms with van der Waals surface area (Å²) in [5.74, 6) is 0.0677. The molecule has 0 atom stereocenters. The Kier molecular flexibility index (Phi) is 3.56. The molecular weight excluding hydrogens is 302 g/mol. The molecule has 0 amide bonds. The molecule has 0 radical (unpaired) electrons. The summed E-state index contributed by atoms with van der Waals surface area (Å²) in [6.07, 6.45) is 3.96. The molecule has 1 heterocycles. The number of carbonyl (C=O) groups excluding carboxylic acids is 2. The van der Waals surface area contributed by atoms with E-state index in [9.17, 15) is 9.59 Å². The van der Waals surface area contributed by atoms with Crippen LogP contribution in [0.15, 0.2) is 18.2 Å². The molecule has 0 saturated heterocycles. The molecule has 0 saturated carbocycles. The summed E-state index contributed by atoms with van der Waals surface area (Å²) in [7, 11) is 0. The van der Waals surface area contributed by atoms with E-state index in [1.54, 1.807) is 4.73 Å². The highest BCUT2D eigenvalue weighted by atomic mass is 16.7. The first-order valence-corrected chi connectivity index (χ1v) is 8.80. The van der Waals surface area contributed by atoms with Crippen LogP contribution in [0.4, 0.5) is 0 Å². The minimum atomic E-state index is -0.00555. The Labute approximate surface area is 141 Å². The van der Waals surface area contributed by atoms with Crippen molar-refractivity contribution in [3.8, 4) is 11.3 Å². The van der Waals surface area contributed by atoms with Crippen LogP contribution in [-0.4, -0.2) is 22.9 Å². The maximum atomic E-state index is 13.2. The number of aromatic nitrogens is 1. The van der Waals surface area contributed by atoms with Crippen molar-refractivity contribution < 1.29 is 14.4 Å². The number of Topliss-reactive ketones (excluding diaryl/α,β-unsaturated/α-hetero) is 1. The summed E-state index contributed by atoms with van der Waals surface area (Å²) >= 11 is 0. The zero-order valence-electron chi connectivity index (χ0n) is 14.1. The Morgan fingerprint density at radius 1 is 1.08 bits per heavy atom. The molecule has 4 heteroatoms. The van der Waals surface area contributed by atoms with E-state index >= 15 is 0 Å². The monoisotopic (exact) mass is 323 g/mol. The van der Waals surface area contributed by atoms with Gasteiger partial charge in [-0.1, -0.05) is 31.5 Å². The van der Waals surface area contributed by atoms with Gasteiger partial charge in [0.2, 0.25) is 0 Å². The van der Waals surface area contributed by atoms with Gasteiger partial charge < -0.3 is 4.84 Å². The van der Waals surface area contributed by atoms with Crippen LogP contribution < -0.4 is 4.84 Å². The lowest BCUT2D eigenvalue weighted by molar-refractivity contribution is 0.0942. The van der Waals surface area contributed by atoms with Crippen LogP contribution >= 0.6 is 0 Å². The molecule has 0 bridgehead atoms. The fourth-order valence-electron chi connectivity index (χ4n) is 4.07. The summed E-state index contributed by atoms with van der Waals surface area (Å²) in [6, 6.07) is 5.99. The molecule has 0 fully saturated rings. The molecular formula is C20H21NO3. The Morgan fingerprint density at radius 2 is 1.92 bits per heavy atom. The van der Waals surface area contributed by atoms with Gasteiger partial charge >= 0.3 is 0 Å². The number of aryl methyl sites for hydroxylation is 1. The second kappa shape index (κ2) is 5.62. The first-order valence-electron chi connectivity index (χ1n) is 8.80. The molecule has 2 aliphatic carbocycles. The fourth-order valence-corrected chi connectivity index (χ4v) is 4.07. The van der Waals surface area contributed by atoms with Crippen molar-refractivity contribution in [1.82, 2.24) is 4.73 Å². The lowest BCUT2D eigenvalue weighted by atomic mass is 9.91. The van der Waals surface area contributed by atoms with E-state index in [1.807, 2.05) is 25.1 Å². The van der Waals surface area contributed by atoms with Crippen molar-refractivity contribution in [2.75, 3.05) is 6.61 Å². The van der Waals surface area contributed by atoms with Gasteiger partial charge in [0.1, 0.15) is 6.61 Å². The lowest BCUT2D eigenvalue weighted by Crippen LogP contribution is -2.20. The van der Waals surface area contributed by atoms with Crippen LogP contribution in [0, 0.1) is 0 Å². The fraction of sp³-hybridized carbons (Fsp3) is 0.400. The number of ketones is 2. The highest BCUT2D eigenvalue weighted by Crippen LogP contribution is 2.44. The highest BCUT2D eigenvalue weighted by molar-refractivity contribution is 6.27. The molecule has 1 aromatic heterocycles. The summed E-state index contributed by atoms with van der Waals surface area (Å²) < 4.78 is 1.77. The number of fused-ring (bicyclic) bond motifs is 5. The van der Waals surface area contributed by atoms with Gasteiger partial charge in [0.25, 0.3) is 0 Å². The van der Waals surface area contributed by atoms with E-state index in [1.165, 1.54) is 0 Å². The summed E-state index contributed by atoms with van der Waals surface area (Å²) in [4.78, 5) is 31.6. The number of hydrogen-bond acceptors (Lipinski definition) is 3. The number of hydrogen-bond donors (Lipinski definition) is 0. The zero-order chi connectivity index (χ0) is 16.8. The number of rotatable bonds is 4. The number of benzene rings is 1. The maximum Gasteiger partial charge on any atom is 0.197 e. The van der Waals surface area contributed by atoms with Crippen LogP contribution in [-0.2, 0) is 12.8 Å². The highest BCUT2D eigenvalue weighted by Gasteiger charge is 2.41. The van der Waals surface area contributed by atoms with E-state index < -0.39 is 0 Å². The van der Waals surface area contributed by atoms with Crippen molar-refractivity contribution in [2.24, 2.45) is 0 Å². The molecule has 2 aromatic rings. The molecule has 0 unspecified atom stereocenters. The number of carbonyl (C=O) groups is 2. The molecule has 0 aliphatic heterocycles. The third kappa shape index (κ3) is 1.92. The average molecular weight is 323 g/mol. The van der Waals surface area contributed by atoms with Gasteiger partial charge in [-0.15, -0.1) is 0 Å². The van der Waals surface area contributed by atoms with Crippen LogP contribution in [0.3, 0.4) is 0 Å². The second-order valence-corrected chi connectivity index (χ2v) is 6.45. The topological polar surface area (TPSA) is 48.3 Å². The predicted molar refractivity (Wildman–Crippen MR) is 91.7 cm³/mol. The van der Waals surface area contributed by atoms with Gasteiger partial charge in [0.15, 0.2) is 11.6 Å². The smallest absolute Gasteiger partial charge is 0.197 e. The molecule has 4 nitrogen and oxygen atoms in total. The third-order valence-electron chi connectivity index (χ3n) is 4.96. The second-order valence-electron chi connectivity index (χ2n) is 6.45. The van der Waals surface area contributed by atoms with Gasteiger partial charge in [0.05, 0.1) is 22.5 Å². The molecule has 124 valence electrons. The normalized spacial score (nSPS) is 15.2. The summed E-state index contributed by atoms with van der Waals surface area (Å²) in [5.41, 5.74) is 5.58. The standard InChI is InChI=1S/C20H21NO3/c1-3-7-12-8-5-9-13-16(12)20(23)18-17-14(10-6-11-15(17)22)21(19(13)18)24-4-2/h5,8-9H,3-4,6-7,10-11H2,1-2H3. The van der Waals surface area contributed by atoms with Crippen LogP contribution in [0.1, 0.15) is 70.6 Å². The minimum Gasteiger partial charge on any atom is -0.414 e. The van der Waals surface area contributed by atoms with E-state index in [0.29, 0.717) is 24.2 Å². The van der Waals surface area contributed by atoms with Gasteiger partial charge in [0, 0.05) is 17.5 Å². The summed E-state index contributed by atoms with van der Waals surface area (Å²) in [6.45, 7) is 4.53. The Balaban J connectivity index is 2.03.